The van der Waals surface area contributed by atoms with Gasteiger partial charge in [0.2, 0.25) is 0 Å². The number of hydrogen-bond acceptors (Lipinski definition) is 1. The molecule has 1 heterocycles. The first-order valence-electron chi connectivity index (χ1n) is 4.16. The quantitative estimate of drug-likeness (QED) is 0.697. The van der Waals surface area contributed by atoms with Gasteiger partial charge in [-0.25, -0.2) is 0 Å². The molecule has 1 aromatic rings. The van der Waals surface area contributed by atoms with Crippen molar-refractivity contribution in [1.82, 2.24) is 0 Å². The standard InChI is InChI=1S/C9H11N.2ClH.Ti/c1-2-6-9-8(4-1)5-3-7-10-9;;;/h1-2,4,6,10H,3,5,7H2;2*1H;/q;;;+2/p-2. The molecule has 4 heteroatoms. The molecule has 0 radical (unpaired) electrons. The molecule has 0 amide bonds. The molecule has 0 unspecified atom stereocenters. The van der Waals surface area contributed by atoms with Crippen LogP contribution in [0.2, 0.25) is 0 Å². The van der Waals surface area contributed by atoms with Crippen molar-refractivity contribution in [3.05, 3.63) is 29.8 Å². The molecule has 0 aliphatic carbocycles. The summed E-state index contributed by atoms with van der Waals surface area (Å²) in [5.41, 5.74) is 2.79. The predicted molar refractivity (Wildman–Crippen MR) is 55.0 cm³/mol. The monoisotopic (exact) mass is 251 g/mol. The molecule has 1 nitrogen and oxygen atoms in total. The van der Waals surface area contributed by atoms with E-state index in [1.807, 2.05) is 0 Å². The van der Waals surface area contributed by atoms with Crippen molar-refractivity contribution in [2.24, 2.45) is 0 Å². The maximum Gasteiger partial charge on any atom is 0.0372 e. The number of benzene rings is 1. The molecular weight excluding hydrogens is 241 g/mol. The molecule has 1 N–H and O–H groups in total. The number of aryl methyl sites for hydroxylation is 1. The maximum atomic E-state index is 4.89. The Morgan fingerprint density at radius 3 is 2.62 bits per heavy atom. The van der Waals surface area contributed by atoms with Crippen LogP contribution in [-0.2, 0) is 23.5 Å². The fourth-order valence-electron chi connectivity index (χ4n) is 1.41. The average molecular weight is 252 g/mol. The van der Waals surface area contributed by atoms with Gasteiger partial charge < -0.3 is 5.32 Å². The molecule has 13 heavy (non-hydrogen) atoms. The first-order valence-corrected chi connectivity index (χ1v) is 8.46. The van der Waals surface area contributed by atoms with Crippen LogP contribution in [0, 0.1) is 0 Å². The number of fused-ring (bicyclic) bond motifs is 1. The fourth-order valence-corrected chi connectivity index (χ4v) is 1.41. The SMILES string of the molecule is [Cl][Ti][Cl].c1ccc2c(c1)CCCN2. The zero-order chi connectivity index (χ0) is 9.52. The number of halogens is 2. The van der Waals surface area contributed by atoms with Crippen molar-refractivity contribution in [2.45, 2.75) is 12.8 Å². The second-order valence-corrected chi connectivity index (χ2v) is 5.34. The number of nitrogens with one attached hydrogen (secondary N) is 1. The van der Waals surface area contributed by atoms with Crippen molar-refractivity contribution < 1.29 is 17.0 Å². The Bertz CT molecular complexity index is 230. The minimum atomic E-state index is -0.556. The van der Waals surface area contributed by atoms with Crippen molar-refractivity contribution in [3.63, 3.8) is 0 Å². The third-order valence-electron chi connectivity index (χ3n) is 1.96. The number of hydrogen-bond donors (Lipinski definition) is 1. The minimum Gasteiger partial charge on any atom is -0.385 e. The molecule has 0 aromatic heterocycles. The Kier molecular flexibility index (Phi) is 5.89. The number of para-hydroxylation sites is 1. The van der Waals surface area contributed by atoms with Gasteiger partial charge in [0.15, 0.2) is 0 Å². The van der Waals surface area contributed by atoms with E-state index in [2.05, 4.69) is 29.6 Å². The fraction of sp³-hybridized carbons (Fsp3) is 0.333. The minimum absolute atomic E-state index is 0.556. The Morgan fingerprint density at radius 1 is 1.23 bits per heavy atom. The summed E-state index contributed by atoms with van der Waals surface area (Å²) in [4.78, 5) is 0. The van der Waals surface area contributed by atoms with E-state index in [0.717, 1.165) is 6.54 Å². The van der Waals surface area contributed by atoms with Crippen LogP contribution in [0.15, 0.2) is 24.3 Å². The molecule has 1 aliphatic rings. The summed E-state index contributed by atoms with van der Waals surface area (Å²) < 4.78 is 0. The van der Waals surface area contributed by atoms with Gasteiger partial charge >= 0.3 is 35.6 Å². The zero-order valence-electron chi connectivity index (χ0n) is 7.19. The Morgan fingerprint density at radius 2 is 1.92 bits per heavy atom. The summed E-state index contributed by atoms with van der Waals surface area (Å²) in [6, 6.07) is 8.53. The van der Waals surface area contributed by atoms with E-state index < -0.39 is 17.0 Å². The van der Waals surface area contributed by atoms with Crippen LogP contribution in [-0.4, -0.2) is 6.54 Å². The molecule has 0 bridgehead atoms. The smallest absolute Gasteiger partial charge is 0.0372 e. The molecule has 1 aromatic carbocycles. The average Bonchev–Trinajstić information content (AvgIpc) is 2.19. The predicted octanol–water partition coefficient (Wildman–Crippen LogP) is 3.42. The van der Waals surface area contributed by atoms with Crippen molar-refractivity contribution in [3.8, 4) is 0 Å². The third kappa shape index (κ3) is 3.91. The summed E-state index contributed by atoms with van der Waals surface area (Å²) >= 11 is -0.556. The van der Waals surface area contributed by atoms with Gasteiger partial charge in [-0.2, -0.15) is 0 Å². The molecule has 1 aliphatic heterocycles. The van der Waals surface area contributed by atoms with Crippen LogP contribution in [0.5, 0.6) is 0 Å². The van der Waals surface area contributed by atoms with E-state index in [4.69, 9.17) is 18.6 Å². The summed E-state index contributed by atoms with van der Waals surface area (Å²) in [5.74, 6) is 0. The molecule has 2 rings (SSSR count). The van der Waals surface area contributed by atoms with Crippen LogP contribution >= 0.6 is 18.6 Å². The Balaban J connectivity index is 0.000000251. The molecule has 0 atom stereocenters. The van der Waals surface area contributed by atoms with E-state index in [9.17, 15) is 0 Å². The molecule has 0 fully saturated rings. The second-order valence-electron chi connectivity index (χ2n) is 2.76. The summed E-state index contributed by atoms with van der Waals surface area (Å²) in [7, 11) is 9.78. The third-order valence-corrected chi connectivity index (χ3v) is 1.96. The summed E-state index contributed by atoms with van der Waals surface area (Å²) in [6.45, 7) is 1.14. The summed E-state index contributed by atoms with van der Waals surface area (Å²) in [6.07, 6.45) is 2.51. The van der Waals surface area contributed by atoms with Crippen molar-refractivity contribution in [1.29, 1.82) is 0 Å². The normalized spacial score (nSPS) is 13.1. The van der Waals surface area contributed by atoms with Gasteiger partial charge in [0.1, 0.15) is 0 Å². The molecule has 0 saturated heterocycles. The number of rotatable bonds is 0. The van der Waals surface area contributed by atoms with Crippen LogP contribution in [0.4, 0.5) is 5.69 Å². The Hall–Kier alpha value is 0.314. The van der Waals surface area contributed by atoms with E-state index in [0.29, 0.717) is 0 Å². The van der Waals surface area contributed by atoms with Crippen LogP contribution < -0.4 is 5.32 Å². The first-order chi connectivity index (χ1) is 6.38. The van der Waals surface area contributed by atoms with Gasteiger partial charge in [0.05, 0.1) is 0 Å². The van der Waals surface area contributed by atoms with Gasteiger partial charge in [0.25, 0.3) is 0 Å². The van der Waals surface area contributed by atoms with Crippen molar-refractivity contribution in [2.75, 3.05) is 11.9 Å². The van der Waals surface area contributed by atoms with Crippen molar-refractivity contribution >= 4 is 24.3 Å². The zero-order valence-corrected chi connectivity index (χ0v) is 10.3. The van der Waals surface area contributed by atoms with E-state index in [1.54, 1.807) is 0 Å². The van der Waals surface area contributed by atoms with Crippen LogP contribution in [0.25, 0.3) is 0 Å². The van der Waals surface area contributed by atoms with Crippen LogP contribution in [0.3, 0.4) is 0 Å². The topological polar surface area (TPSA) is 12.0 Å². The van der Waals surface area contributed by atoms with Gasteiger partial charge in [-0.3, -0.25) is 0 Å². The van der Waals surface area contributed by atoms with Gasteiger partial charge in [-0.1, -0.05) is 18.2 Å². The van der Waals surface area contributed by atoms with E-state index >= 15 is 0 Å². The molecule has 0 saturated carbocycles. The van der Waals surface area contributed by atoms with E-state index in [1.165, 1.54) is 24.1 Å². The summed E-state index contributed by atoms with van der Waals surface area (Å²) in [5, 5.41) is 3.36. The number of anilines is 1. The Labute approximate surface area is 95.5 Å². The van der Waals surface area contributed by atoms with Gasteiger partial charge in [-0.15, -0.1) is 0 Å². The second kappa shape index (κ2) is 6.72. The van der Waals surface area contributed by atoms with E-state index in [-0.39, 0.29) is 0 Å². The molecule has 0 spiro atoms. The molecular formula is C9H11Cl2NTi. The van der Waals surface area contributed by atoms with Gasteiger partial charge in [-0.05, 0) is 24.5 Å². The maximum absolute atomic E-state index is 4.89. The molecule has 70 valence electrons. The largest absolute Gasteiger partial charge is 0.385 e. The van der Waals surface area contributed by atoms with Gasteiger partial charge in [0, 0.05) is 12.2 Å². The van der Waals surface area contributed by atoms with Crippen LogP contribution in [0.1, 0.15) is 12.0 Å². The first kappa shape index (κ1) is 11.4.